The lowest BCUT2D eigenvalue weighted by atomic mass is 10.2. The van der Waals surface area contributed by atoms with Crippen LogP contribution in [-0.4, -0.2) is 16.7 Å². The van der Waals surface area contributed by atoms with Gasteiger partial charge in [0.05, 0.1) is 6.26 Å². The third-order valence-corrected chi connectivity index (χ3v) is 2.38. The largest absolute Gasteiger partial charge is 0.461 e. The molecule has 0 atom stereocenters. The predicted molar refractivity (Wildman–Crippen MR) is 58.7 cm³/mol. The number of nitrogens with zero attached hydrogens (tertiary/aromatic N) is 2. The molecule has 2 aromatic heterocycles. The van der Waals surface area contributed by atoms with E-state index in [1.54, 1.807) is 6.26 Å². The van der Waals surface area contributed by atoms with Crippen molar-refractivity contribution in [3.05, 3.63) is 23.8 Å². The Balaban J connectivity index is 2.05. The lowest BCUT2D eigenvalue weighted by molar-refractivity contribution is 0.374. The summed E-state index contributed by atoms with van der Waals surface area (Å²) >= 11 is 0. The van der Waals surface area contributed by atoms with Crippen LogP contribution in [0.4, 0.5) is 0 Å². The quantitative estimate of drug-likeness (QED) is 0.780. The van der Waals surface area contributed by atoms with E-state index >= 15 is 0 Å². The van der Waals surface area contributed by atoms with E-state index in [1.807, 2.05) is 13.0 Å². The fraction of sp³-hybridized carbons (Fsp3) is 0.455. The SMILES string of the molecule is Cc1ccoc1-c1noc(CCCCN)n1. The van der Waals surface area contributed by atoms with Crippen molar-refractivity contribution in [3.8, 4) is 11.6 Å². The second-order valence-corrected chi connectivity index (χ2v) is 3.69. The highest BCUT2D eigenvalue weighted by atomic mass is 16.5. The van der Waals surface area contributed by atoms with E-state index in [-0.39, 0.29) is 0 Å². The van der Waals surface area contributed by atoms with Crippen molar-refractivity contribution in [3.63, 3.8) is 0 Å². The molecule has 86 valence electrons. The van der Waals surface area contributed by atoms with Gasteiger partial charge in [0.15, 0.2) is 5.76 Å². The average molecular weight is 221 g/mol. The molecule has 2 aromatic rings. The number of aromatic nitrogens is 2. The van der Waals surface area contributed by atoms with Gasteiger partial charge < -0.3 is 14.7 Å². The van der Waals surface area contributed by atoms with Crippen molar-refractivity contribution in [1.82, 2.24) is 10.1 Å². The van der Waals surface area contributed by atoms with Crippen LogP contribution in [0.25, 0.3) is 11.6 Å². The molecule has 0 aliphatic carbocycles. The number of rotatable bonds is 5. The molecule has 16 heavy (non-hydrogen) atoms. The minimum Gasteiger partial charge on any atom is -0.461 e. The minimum absolute atomic E-state index is 0.519. The molecule has 0 aliphatic rings. The van der Waals surface area contributed by atoms with Gasteiger partial charge in [-0.05, 0) is 37.9 Å². The van der Waals surface area contributed by atoms with Gasteiger partial charge in [0.1, 0.15) is 0 Å². The van der Waals surface area contributed by atoms with Crippen molar-refractivity contribution in [2.24, 2.45) is 5.73 Å². The van der Waals surface area contributed by atoms with E-state index in [1.165, 1.54) is 0 Å². The second kappa shape index (κ2) is 4.94. The van der Waals surface area contributed by atoms with Gasteiger partial charge in [-0.1, -0.05) is 5.16 Å². The Morgan fingerprint density at radius 3 is 2.94 bits per heavy atom. The zero-order valence-corrected chi connectivity index (χ0v) is 9.27. The van der Waals surface area contributed by atoms with E-state index in [2.05, 4.69) is 10.1 Å². The highest BCUT2D eigenvalue weighted by Gasteiger charge is 2.13. The van der Waals surface area contributed by atoms with Crippen LogP contribution in [0.2, 0.25) is 0 Å². The summed E-state index contributed by atoms with van der Waals surface area (Å²) in [6, 6.07) is 1.87. The lowest BCUT2D eigenvalue weighted by Gasteiger charge is -1.91. The van der Waals surface area contributed by atoms with Crippen molar-refractivity contribution < 1.29 is 8.94 Å². The van der Waals surface area contributed by atoms with Crippen LogP contribution < -0.4 is 5.73 Å². The first-order chi connectivity index (χ1) is 7.81. The van der Waals surface area contributed by atoms with E-state index in [9.17, 15) is 0 Å². The molecule has 0 amide bonds. The summed E-state index contributed by atoms with van der Waals surface area (Å²) in [6.45, 7) is 2.64. The van der Waals surface area contributed by atoms with Crippen LogP contribution in [0.3, 0.4) is 0 Å². The van der Waals surface area contributed by atoms with Gasteiger partial charge in [0, 0.05) is 6.42 Å². The molecule has 2 N–H and O–H groups in total. The lowest BCUT2D eigenvalue weighted by Crippen LogP contribution is -1.99. The first kappa shape index (κ1) is 10.9. The van der Waals surface area contributed by atoms with E-state index in [4.69, 9.17) is 14.7 Å². The molecular weight excluding hydrogens is 206 g/mol. The zero-order chi connectivity index (χ0) is 11.4. The highest BCUT2D eigenvalue weighted by Crippen LogP contribution is 2.21. The summed E-state index contributed by atoms with van der Waals surface area (Å²) in [5.74, 6) is 1.83. The smallest absolute Gasteiger partial charge is 0.238 e. The van der Waals surface area contributed by atoms with Gasteiger partial charge in [-0.2, -0.15) is 4.98 Å². The first-order valence-electron chi connectivity index (χ1n) is 5.38. The first-order valence-corrected chi connectivity index (χ1v) is 5.38. The third kappa shape index (κ3) is 2.30. The Morgan fingerprint density at radius 1 is 1.38 bits per heavy atom. The highest BCUT2D eigenvalue weighted by molar-refractivity contribution is 5.50. The Bertz CT molecular complexity index is 448. The number of unbranched alkanes of at least 4 members (excludes halogenated alkanes) is 1. The van der Waals surface area contributed by atoms with Crippen LogP contribution >= 0.6 is 0 Å². The van der Waals surface area contributed by atoms with Gasteiger partial charge in [-0.3, -0.25) is 0 Å². The molecule has 5 heteroatoms. The Hall–Kier alpha value is -1.62. The molecule has 0 spiro atoms. The molecule has 0 saturated carbocycles. The van der Waals surface area contributed by atoms with Crippen LogP contribution in [-0.2, 0) is 6.42 Å². The molecule has 2 heterocycles. The number of hydrogen-bond acceptors (Lipinski definition) is 5. The zero-order valence-electron chi connectivity index (χ0n) is 9.27. The molecule has 0 fully saturated rings. The molecule has 0 aliphatic heterocycles. The minimum atomic E-state index is 0.519. The maximum Gasteiger partial charge on any atom is 0.238 e. The fourth-order valence-electron chi connectivity index (χ4n) is 1.47. The molecule has 5 nitrogen and oxygen atoms in total. The normalized spacial score (nSPS) is 10.9. The van der Waals surface area contributed by atoms with E-state index in [0.717, 1.165) is 24.8 Å². The molecular formula is C11H15N3O2. The summed E-state index contributed by atoms with van der Waals surface area (Å²) in [6.07, 6.45) is 4.33. The third-order valence-electron chi connectivity index (χ3n) is 2.38. The summed E-state index contributed by atoms with van der Waals surface area (Å²) in [5.41, 5.74) is 6.42. The fourth-order valence-corrected chi connectivity index (χ4v) is 1.47. The Kier molecular flexibility index (Phi) is 3.36. The Morgan fingerprint density at radius 2 is 2.25 bits per heavy atom. The van der Waals surface area contributed by atoms with Crippen LogP contribution in [0.5, 0.6) is 0 Å². The van der Waals surface area contributed by atoms with Gasteiger partial charge in [-0.25, -0.2) is 0 Å². The average Bonchev–Trinajstić information content (AvgIpc) is 2.87. The molecule has 2 rings (SSSR count). The van der Waals surface area contributed by atoms with Gasteiger partial charge in [0.2, 0.25) is 11.7 Å². The van der Waals surface area contributed by atoms with Crippen LogP contribution in [0.1, 0.15) is 24.3 Å². The molecule has 0 aromatic carbocycles. The summed E-state index contributed by atoms with van der Waals surface area (Å²) < 4.78 is 10.4. The van der Waals surface area contributed by atoms with Gasteiger partial charge in [-0.15, -0.1) is 0 Å². The summed E-state index contributed by atoms with van der Waals surface area (Å²) in [5, 5.41) is 3.89. The standard InChI is InChI=1S/C11H15N3O2/c1-8-5-7-15-10(8)11-13-9(16-14-11)4-2-3-6-12/h5,7H,2-4,6,12H2,1H3. The number of nitrogens with two attached hydrogens (primary N) is 1. The summed E-state index contributed by atoms with van der Waals surface area (Å²) in [7, 11) is 0. The van der Waals surface area contributed by atoms with Crippen molar-refractivity contribution in [2.45, 2.75) is 26.2 Å². The second-order valence-electron chi connectivity index (χ2n) is 3.69. The van der Waals surface area contributed by atoms with Gasteiger partial charge >= 0.3 is 0 Å². The number of hydrogen-bond donors (Lipinski definition) is 1. The molecule has 0 saturated heterocycles. The number of furan rings is 1. The molecule has 0 bridgehead atoms. The van der Waals surface area contributed by atoms with E-state index < -0.39 is 0 Å². The molecule has 0 unspecified atom stereocenters. The predicted octanol–water partition coefficient (Wildman–Crippen LogP) is 1.92. The van der Waals surface area contributed by atoms with Crippen molar-refractivity contribution in [2.75, 3.05) is 6.54 Å². The Labute approximate surface area is 93.6 Å². The van der Waals surface area contributed by atoms with Crippen molar-refractivity contribution >= 4 is 0 Å². The summed E-state index contributed by atoms with van der Waals surface area (Å²) in [4.78, 5) is 4.27. The monoisotopic (exact) mass is 221 g/mol. The van der Waals surface area contributed by atoms with Gasteiger partial charge in [0.25, 0.3) is 0 Å². The molecule has 0 radical (unpaired) electrons. The maximum atomic E-state index is 5.41. The number of aryl methyl sites for hydroxylation is 2. The topological polar surface area (TPSA) is 78.1 Å². The van der Waals surface area contributed by atoms with Crippen LogP contribution in [0, 0.1) is 6.92 Å². The van der Waals surface area contributed by atoms with Crippen LogP contribution in [0.15, 0.2) is 21.3 Å². The van der Waals surface area contributed by atoms with E-state index in [0.29, 0.717) is 24.0 Å². The maximum absolute atomic E-state index is 5.41. The van der Waals surface area contributed by atoms with Crippen molar-refractivity contribution in [1.29, 1.82) is 0 Å².